The van der Waals surface area contributed by atoms with Crippen LogP contribution in [0.2, 0.25) is 0 Å². The van der Waals surface area contributed by atoms with E-state index in [0.29, 0.717) is 18.5 Å². The highest BCUT2D eigenvalue weighted by Crippen LogP contribution is 2.45. The normalized spacial score (nSPS) is 15.5. The molecule has 250 valence electrons. The van der Waals surface area contributed by atoms with E-state index in [1.807, 2.05) is 103 Å². The second kappa shape index (κ2) is 14.0. The monoisotopic (exact) mass is 653 g/mol. The van der Waals surface area contributed by atoms with Gasteiger partial charge in [-0.15, -0.1) is 0 Å². The highest BCUT2D eigenvalue weighted by molar-refractivity contribution is 5.96. The second-order valence-corrected chi connectivity index (χ2v) is 13.9. The van der Waals surface area contributed by atoms with Crippen molar-refractivity contribution in [3.63, 3.8) is 0 Å². The lowest BCUT2D eigenvalue weighted by molar-refractivity contribution is -0.162. The van der Waals surface area contributed by atoms with Gasteiger partial charge >= 0.3 is 6.18 Å². The number of likely N-dealkylation sites (tertiary alicyclic amines) is 1. The number of carbonyl (C=O) groups is 2. The number of nitrogens with one attached hydrogen (secondary N) is 1. The number of piperidine rings is 1. The minimum Gasteiger partial charge on any atom is -0.349 e. The average molecular weight is 654 g/mol. The van der Waals surface area contributed by atoms with E-state index in [4.69, 9.17) is 0 Å². The summed E-state index contributed by atoms with van der Waals surface area (Å²) < 4.78 is 41.5. The highest BCUT2D eigenvalue weighted by Gasteiger charge is 2.40. The van der Waals surface area contributed by atoms with Crippen molar-refractivity contribution in [1.82, 2.24) is 15.1 Å². The molecular formula is C40H42F3N3O2. The number of fused-ring (bicyclic) bond motifs is 3. The first kappa shape index (κ1) is 33.5. The fourth-order valence-corrected chi connectivity index (χ4v) is 7.16. The molecule has 2 amide bonds. The maximum absolute atomic E-state index is 13.9. The number of rotatable bonds is 10. The molecule has 2 aliphatic rings. The lowest BCUT2D eigenvalue weighted by Gasteiger charge is -2.38. The van der Waals surface area contributed by atoms with Gasteiger partial charge < -0.3 is 15.1 Å². The Balaban J connectivity index is 1.03. The molecule has 5 nitrogen and oxygen atoms in total. The van der Waals surface area contributed by atoms with Gasteiger partial charge in [0.25, 0.3) is 5.91 Å². The van der Waals surface area contributed by atoms with Crippen LogP contribution in [0.15, 0.2) is 103 Å². The van der Waals surface area contributed by atoms with Crippen LogP contribution in [0.4, 0.5) is 13.2 Å². The molecule has 4 aromatic rings. The lowest BCUT2D eigenvalue weighted by atomic mass is 9.87. The number of amides is 2. The van der Waals surface area contributed by atoms with E-state index in [1.165, 1.54) is 0 Å². The molecule has 1 fully saturated rings. The highest BCUT2D eigenvalue weighted by atomic mass is 19.4. The number of nitrogens with zero attached hydrogens (tertiary/aromatic N) is 2. The largest absolute Gasteiger partial charge is 0.406 e. The van der Waals surface area contributed by atoms with E-state index in [2.05, 4.69) is 24.1 Å². The van der Waals surface area contributed by atoms with Crippen LogP contribution in [0.5, 0.6) is 0 Å². The first-order valence-electron chi connectivity index (χ1n) is 16.7. The first-order chi connectivity index (χ1) is 23.0. The Labute approximate surface area is 280 Å². The third-order valence-corrected chi connectivity index (χ3v) is 9.65. The minimum absolute atomic E-state index is 0.0156. The van der Waals surface area contributed by atoms with E-state index in [1.54, 1.807) is 0 Å². The Hall–Kier alpha value is -4.43. The van der Waals surface area contributed by atoms with Crippen molar-refractivity contribution in [3.05, 3.63) is 120 Å². The Kier molecular flexibility index (Phi) is 9.74. The Morgan fingerprint density at radius 2 is 1.31 bits per heavy atom. The van der Waals surface area contributed by atoms with Crippen LogP contribution < -0.4 is 5.32 Å². The van der Waals surface area contributed by atoms with Gasteiger partial charge in [0.1, 0.15) is 6.54 Å². The number of alkyl halides is 3. The summed E-state index contributed by atoms with van der Waals surface area (Å²) in [5.74, 6) is -1.35. The zero-order chi connectivity index (χ0) is 33.9. The summed E-state index contributed by atoms with van der Waals surface area (Å²) in [5.41, 5.74) is 5.78. The molecule has 0 aromatic heterocycles. The molecule has 1 aliphatic carbocycles. The number of halogens is 3. The van der Waals surface area contributed by atoms with Gasteiger partial charge in [-0.2, -0.15) is 13.2 Å². The topological polar surface area (TPSA) is 52.7 Å². The van der Waals surface area contributed by atoms with Gasteiger partial charge in [-0.25, -0.2) is 0 Å². The van der Waals surface area contributed by atoms with Crippen molar-refractivity contribution in [2.45, 2.75) is 51.2 Å². The molecular weight excluding hydrogens is 611 g/mol. The van der Waals surface area contributed by atoms with Gasteiger partial charge in [0.15, 0.2) is 0 Å². The minimum atomic E-state index is -4.51. The number of benzene rings is 4. The summed E-state index contributed by atoms with van der Waals surface area (Å²) in [5, 5.41) is 3.18. The standard InChI is InChI=1S/C40H42F3N3O2/c1-39(2,26-45-23-20-31(21-24-45)44-37(47)30-18-16-29(17-19-30)28-10-4-3-5-11-28)22-25-46(27-40(41,42)43)38(48)36-34-14-8-6-12-32(34)33-13-7-9-15-35(33)36/h3-19,31,36H,20-27H2,1-2H3,(H,44,47). The third kappa shape index (κ3) is 7.81. The fraction of sp³-hybridized carbons (Fsp3) is 0.350. The average Bonchev–Trinajstić information content (AvgIpc) is 3.41. The predicted octanol–water partition coefficient (Wildman–Crippen LogP) is 8.17. The molecule has 0 saturated carbocycles. The van der Waals surface area contributed by atoms with Crippen molar-refractivity contribution in [1.29, 1.82) is 0 Å². The molecule has 0 radical (unpaired) electrons. The van der Waals surface area contributed by atoms with Crippen LogP contribution in [0.3, 0.4) is 0 Å². The summed E-state index contributed by atoms with van der Waals surface area (Å²) in [6.45, 7) is 5.10. The molecule has 48 heavy (non-hydrogen) atoms. The molecule has 0 atom stereocenters. The zero-order valence-corrected chi connectivity index (χ0v) is 27.5. The summed E-state index contributed by atoms with van der Waals surface area (Å²) in [6.07, 6.45) is -2.49. The third-order valence-electron chi connectivity index (χ3n) is 9.65. The molecule has 0 spiro atoms. The predicted molar refractivity (Wildman–Crippen MR) is 184 cm³/mol. The summed E-state index contributed by atoms with van der Waals surface area (Å²) in [6, 6.07) is 32.7. The quantitative estimate of drug-likeness (QED) is 0.188. The van der Waals surface area contributed by atoms with Gasteiger partial charge in [0.05, 0.1) is 5.92 Å². The van der Waals surface area contributed by atoms with E-state index in [9.17, 15) is 22.8 Å². The molecule has 6 rings (SSSR count). The molecule has 4 aromatic carbocycles. The van der Waals surface area contributed by atoms with Crippen molar-refractivity contribution in [2.24, 2.45) is 5.41 Å². The van der Waals surface area contributed by atoms with Crippen LogP contribution in [-0.4, -0.2) is 66.6 Å². The number of hydrogen-bond donors (Lipinski definition) is 1. The Morgan fingerprint density at radius 1 is 0.771 bits per heavy atom. The van der Waals surface area contributed by atoms with Gasteiger partial charge in [-0.3, -0.25) is 9.59 Å². The first-order valence-corrected chi connectivity index (χ1v) is 16.7. The van der Waals surface area contributed by atoms with E-state index in [0.717, 1.165) is 64.2 Å². The molecule has 0 bridgehead atoms. The number of carbonyl (C=O) groups excluding carboxylic acids is 2. The smallest absolute Gasteiger partial charge is 0.349 e. The molecule has 8 heteroatoms. The fourth-order valence-electron chi connectivity index (χ4n) is 7.16. The summed E-state index contributed by atoms with van der Waals surface area (Å²) in [7, 11) is 0. The van der Waals surface area contributed by atoms with Gasteiger partial charge in [-0.1, -0.05) is 105 Å². The molecule has 1 saturated heterocycles. The van der Waals surface area contributed by atoms with Gasteiger partial charge in [0.2, 0.25) is 5.91 Å². The molecule has 1 N–H and O–H groups in total. The van der Waals surface area contributed by atoms with Crippen molar-refractivity contribution < 1.29 is 22.8 Å². The molecule has 0 unspecified atom stereocenters. The van der Waals surface area contributed by atoms with E-state index >= 15 is 0 Å². The van der Waals surface area contributed by atoms with E-state index in [-0.39, 0.29) is 23.9 Å². The van der Waals surface area contributed by atoms with Crippen molar-refractivity contribution >= 4 is 11.8 Å². The number of hydrogen-bond acceptors (Lipinski definition) is 3. The van der Waals surface area contributed by atoms with Gasteiger partial charge in [0, 0.05) is 37.8 Å². The van der Waals surface area contributed by atoms with Crippen molar-refractivity contribution in [3.8, 4) is 22.3 Å². The Bertz CT molecular complexity index is 1680. The summed E-state index contributed by atoms with van der Waals surface area (Å²) in [4.78, 5) is 30.2. The molecule has 1 aliphatic heterocycles. The maximum atomic E-state index is 13.9. The van der Waals surface area contributed by atoms with Crippen molar-refractivity contribution in [2.75, 3.05) is 32.7 Å². The van der Waals surface area contributed by atoms with E-state index < -0.39 is 24.5 Å². The second-order valence-electron chi connectivity index (χ2n) is 13.9. The van der Waals surface area contributed by atoms with Crippen LogP contribution in [0.1, 0.15) is 60.5 Å². The van der Waals surface area contributed by atoms with Crippen LogP contribution in [0, 0.1) is 5.41 Å². The van der Waals surface area contributed by atoms with Crippen LogP contribution >= 0.6 is 0 Å². The SMILES string of the molecule is CC(C)(CCN(CC(F)(F)F)C(=O)C1c2ccccc2-c2ccccc21)CN1CCC(NC(=O)c2ccc(-c3ccccc3)cc2)CC1. The molecule has 1 heterocycles. The van der Waals surface area contributed by atoms with Crippen LogP contribution in [0.25, 0.3) is 22.3 Å². The van der Waals surface area contributed by atoms with Crippen LogP contribution in [-0.2, 0) is 4.79 Å². The summed E-state index contributed by atoms with van der Waals surface area (Å²) >= 11 is 0. The zero-order valence-electron chi connectivity index (χ0n) is 27.5. The Morgan fingerprint density at radius 3 is 1.90 bits per heavy atom. The lowest BCUT2D eigenvalue weighted by Crippen LogP contribution is -2.48. The van der Waals surface area contributed by atoms with Gasteiger partial charge in [-0.05, 0) is 70.2 Å². The maximum Gasteiger partial charge on any atom is 0.406 e.